The molecule has 0 spiro atoms. The highest BCUT2D eigenvalue weighted by molar-refractivity contribution is 9.10. The van der Waals surface area contributed by atoms with Gasteiger partial charge in [-0.15, -0.1) is 22.9 Å². The molecule has 16 heavy (non-hydrogen) atoms. The Morgan fingerprint density at radius 2 is 2.19 bits per heavy atom. The summed E-state index contributed by atoms with van der Waals surface area (Å²) in [6.07, 6.45) is -1.95. The van der Waals surface area contributed by atoms with Crippen LogP contribution in [0.15, 0.2) is 10.5 Å². The molecule has 92 valence electrons. The Kier molecular flexibility index (Phi) is 6.51. The molecule has 0 bridgehead atoms. The van der Waals surface area contributed by atoms with E-state index in [-0.39, 0.29) is 12.0 Å². The zero-order valence-corrected chi connectivity index (χ0v) is 12.0. The lowest BCUT2D eigenvalue weighted by atomic mass is 10.3. The first-order valence-electron chi connectivity index (χ1n) is 4.45. The molecule has 0 radical (unpaired) electrons. The minimum Gasteiger partial charge on any atom is -0.375 e. The third kappa shape index (κ3) is 4.84. The van der Waals surface area contributed by atoms with Crippen molar-refractivity contribution in [3.8, 4) is 0 Å². The lowest BCUT2D eigenvalue weighted by molar-refractivity contribution is 0.0166. The number of ether oxygens (including phenoxy) is 1. The lowest BCUT2D eigenvalue weighted by Gasteiger charge is -2.07. The molecule has 1 heterocycles. The van der Waals surface area contributed by atoms with Crippen LogP contribution in [0.4, 0.5) is 8.78 Å². The molecule has 1 unspecified atom stereocenters. The molecular formula is C9H9BrCl2F2OS. The van der Waals surface area contributed by atoms with Crippen LogP contribution in [0.3, 0.4) is 0 Å². The highest BCUT2D eigenvalue weighted by atomic mass is 79.9. The van der Waals surface area contributed by atoms with E-state index in [9.17, 15) is 8.78 Å². The van der Waals surface area contributed by atoms with E-state index in [1.54, 1.807) is 0 Å². The summed E-state index contributed by atoms with van der Waals surface area (Å²) < 4.78 is 29.7. The van der Waals surface area contributed by atoms with Crippen molar-refractivity contribution in [3.05, 3.63) is 19.8 Å². The van der Waals surface area contributed by atoms with E-state index >= 15 is 0 Å². The molecule has 7 heteroatoms. The first kappa shape index (κ1) is 14.6. The summed E-state index contributed by atoms with van der Waals surface area (Å²) >= 11 is 16.6. The molecule has 0 amide bonds. The maximum Gasteiger partial charge on any atom is 0.261 e. The Balaban J connectivity index is 2.32. The topological polar surface area (TPSA) is 9.23 Å². The molecule has 0 aliphatic heterocycles. The molecule has 0 fully saturated rings. The van der Waals surface area contributed by atoms with Crippen molar-refractivity contribution in [1.82, 2.24) is 0 Å². The van der Waals surface area contributed by atoms with Gasteiger partial charge in [0.15, 0.2) is 0 Å². The fourth-order valence-electron chi connectivity index (χ4n) is 1.02. The number of hydrogen-bond donors (Lipinski definition) is 0. The fourth-order valence-corrected chi connectivity index (χ4v) is 3.05. The van der Waals surface area contributed by atoms with Crippen LogP contribution in [0.2, 0.25) is 4.34 Å². The van der Waals surface area contributed by atoms with Crippen molar-refractivity contribution in [2.45, 2.75) is 18.2 Å². The third-order valence-electron chi connectivity index (χ3n) is 1.73. The monoisotopic (exact) mass is 352 g/mol. The van der Waals surface area contributed by atoms with Gasteiger partial charge >= 0.3 is 0 Å². The molecule has 0 aliphatic rings. The molecule has 1 aromatic heterocycles. The molecular weight excluding hydrogens is 345 g/mol. The van der Waals surface area contributed by atoms with Crippen molar-refractivity contribution in [1.29, 1.82) is 0 Å². The van der Waals surface area contributed by atoms with E-state index in [1.165, 1.54) is 11.3 Å². The van der Waals surface area contributed by atoms with E-state index in [2.05, 4.69) is 15.9 Å². The van der Waals surface area contributed by atoms with Crippen LogP contribution in [-0.4, -0.2) is 19.6 Å². The largest absolute Gasteiger partial charge is 0.375 e. The molecule has 0 saturated carbocycles. The number of thiophene rings is 1. The quantitative estimate of drug-likeness (QED) is 0.509. The Bertz CT molecular complexity index is 316. The second-order valence-corrected chi connectivity index (χ2v) is 6.06. The highest BCUT2D eigenvalue weighted by Crippen LogP contribution is 2.38. The number of rotatable bonds is 6. The van der Waals surface area contributed by atoms with Crippen LogP contribution in [0.25, 0.3) is 0 Å². The fraction of sp³-hybridized carbons (Fsp3) is 0.556. The standard InChI is InChI=1S/C9H9BrCl2F2OS/c10-5-3-7(16-9(5)12)6(11)1-2-15-4-8(13)14/h3,6,8H,1-2,4H2. The number of halogens is 5. The Morgan fingerprint density at radius 1 is 1.50 bits per heavy atom. The van der Waals surface area contributed by atoms with Gasteiger partial charge in [-0.25, -0.2) is 8.78 Å². The molecule has 1 aromatic rings. The lowest BCUT2D eigenvalue weighted by Crippen LogP contribution is -2.06. The normalized spacial score (nSPS) is 13.4. The van der Waals surface area contributed by atoms with Crippen molar-refractivity contribution in [2.24, 2.45) is 0 Å². The smallest absolute Gasteiger partial charge is 0.261 e. The minimum atomic E-state index is -2.43. The van der Waals surface area contributed by atoms with Gasteiger partial charge in [-0.3, -0.25) is 0 Å². The highest BCUT2D eigenvalue weighted by Gasteiger charge is 2.13. The van der Waals surface area contributed by atoms with E-state index < -0.39 is 13.0 Å². The van der Waals surface area contributed by atoms with Crippen molar-refractivity contribution >= 4 is 50.5 Å². The van der Waals surface area contributed by atoms with E-state index in [4.69, 9.17) is 27.9 Å². The molecule has 0 aromatic carbocycles. The second kappa shape index (κ2) is 7.11. The van der Waals surface area contributed by atoms with Crippen molar-refractivity contribution < 1.29 is 13.5 Å². The molecule has 1 atom stereocenters. The van der Waals surface area contributed by atoms with Gasteiger partial charge in [0.2, 0.25) is 0 Å². The summed E-state index contributed by atoms with van der Waals surface area (Å²) in [7, 11) is 0. The van der Waals surface area contributed by atoms with Crippen LogP contribution in [-0.2, 0) is 4.74 Å². The van der Waals surface area contributed by atoms with Crippen LogP contribution in [0.1, 0.15) is 16.7 Å². The van der Waals surface area contributed by atoms with Crippen molar-refractivity contribution in [2.75, 3.05) is 13.2 Å². The average Bonchev–Trinajstić information content (AvgIpc) is 2.54. The first-order valence-corrected chi connectivity index (χ1v) is 6.87. The average molecular weight is 354 g/mol. The van der Waals surface area contributed by atoms with Crippen LogP contribution in [0.5, 0.6) is 0 Å². The predicted molar refractivity (Wildman–Crippen MR) is 67.1 cm³/mol. The minimum absolute atomic E-state index is 0.214. The van der Waals surface area contributed by atoms with E-state index in [1.807, 2.05) is 6.07 Å². The zero-order valence-electron chi connectivity index (χ0n) is 8.06. The van der Waals surface area contributed by atoms with Crippen LogP contribution in [0, 0.1) is 0 Å². The Hall–Kier alpha value is 0.580. The molecule has 1 rings (SSSR count). The zero-order chi connectivity index (χ0) is 12.1. The third-order valence-corrected chi connectivity index (χ3v) is 4.90. The van der Waals surface area contributed by atoms with E-state index in [0.29, 0.717) is 10.8 Å². The predicted octanol–water partition coefficient (Wildman–Crippen LogP) is 5.12. The molecule has 1 nitrogen and oxygen atoms in total. The Labute approximate surface area is 115 Å². The first-order chi connectivity index (χ1) is 7.50. The Morgan fingerprint density at radius 3 is 2.69 bits per heavy atom. The maximum atomic E-state index is 11.8. The molecule has 0 saturated heterocycles. The van der Waals surface area contributed by atoms with Crippen LogP contribution >= 0.6 is 50.5 Å². The van der Waals surface area contributed by atoms with Gasteiger partial charge in [-0.05, 0) is 28.4 Å². The SMILES string of the molecule is FC(F)COCCC(Cl)c1cc(Br)c(Cl)s1. The molecule has 0 aliphatic carbocycles. The van der Waals surface area contributed by atoms with Gasteiger partial charge in [0, 0.05) is 16.0 Å². The van der Waals surface area contributed by atoms with Crippen LogP contribution < -0.4 is 0 Å². The second-order valence-electron chi connectivity index (χ2n) is 2.99. The summed E-state index contributed by atoms with van der Waals surface area (Å²) in [5.74, 6) is 0. The summed E-state index contributed by atoms with van der Waals surface area (Å²) in [6.45, 7) is -0.329. The summed E-state index contributed by atoms with van der Waals surface area (Å²) in [5.41, 5.74) is 0. The summed E-state index contributed by atoms with van der Waals surface area (Å²) in [5, 5.41) is -0.258. The summed E-state index contributed by atoms with van der Waals surface area (Å²) in [6, 6.07) is 1.83. The molecule has 0 N–H and O–H groups in total. The van der Waals surface area contributed by atoms with Gasteiger partial charge in [0.05, 0.1) is 5.38 Å². The summed E-state index contributed by atoms with van der Waals surface area (Å²) in [4.78, 5) is 0.902. The number of alkyl halides is 3. The van der Waals surface area contributed by atoms with Crippen molar-refractivity contribution in [3.63, 3.8) is 0 Å². The van der Waals surface area contributed by atoms with E-state index in [0.717, 1.165) is 9.35 Å². The van der Waals surface area contributed by atoms with Gasteiger partial charge in [-0.2, -0.15) is 0 Å². The van der Waals surface area contributed by atoms with Gasteiger partial charge in [0.1, 0.15) is 10.9 Å². The van der Waals surface area contributed by atoms with Gasteiger partial charge < -0.3 is 4.74 Å². The number of hydrogen-bond acceptors (Lipinski definition) is 2. The van der Waals surface area contributed by atoms with Gasteiger partial charge in [-0.1, -0.05) is 11.6 Å². The van der Waals surface area contributed by atoms with Gasteiger partial charge in [0.25, 0.3) is 6.43 Å². The maximum absolute atomic E-state index is 11.8.